The van der Waals surface area contributed by atoms with Crippen molar-refractivity contribution in [2.45, 2.75) is 32.9 Å². The summed E-state index contributed by atoms with van der Waals surface area (Å²) in [6.45, 7) is 5.39. The maximum Gasteiger partial charge on any atom is 0.256 e. The lowest BCUT2D eigenvalue weighted by Crippen LogP contribution is -2.41. The molecule has 1 fully saturated rings. The minimum absolute atomic E-state index is 0.0141. The standard InChI is InChI=1S/C30H32FN5O4/c1-17-26(13-24-23-12-20(31)6-9-25(23)35-29(24)38)33-18(2)28(17)30(39)34-21-10-11-36(16-21)27(37)15-32-14-19-4-7-22(40-3)8-5-19/h4-9,12-13,21,32-33H,10-11,14-16H2,1-3H3,(H,34,39)(H,35,38)/b24-13-/t21-/m0/s1. The van der Waals surface area contributed by atoms with Crippen LogP contribution in [-0.2, 0) is 16.1 Å². The van der Waals surface area contributed by atoms with Crippen LogP contribution in [0.3, 0.4) is 0 Å². The molecule has 0 spiro atoms. The van der Waals surface area contributed by atoms with Crippen LogP contribution in [-0.4, -0.2) is 60.4 Å². The van der Waals surface area contributed by atoms with Gasteiger partial charge in [-0.05, 0) is 67.8 Å². The first kappa shape index (κ1) is 27.1. The molecule has 2 aliphatic heterocycles. The summed E-state index contributed by atoms with van der Waals surface area (Å²) in [5, 5.41) is 8.97. The number of carbonyl (C=O) groups is 3. The second kappa shape index (κ2) is 11.4. The average molecular weight is 546 g/mol. The first-order valence-corrected chi connectivity index (χ1v) is 13.2. The van der Waals surface area contributed by atoms with Crippen LogP contribution in [0.25, 0.3) is 11.6 Å². The number of aromatic nitrogens is 1. The summed E-state index contributed by atoms with van der Waals surface area (Å²) >= 11 is 0. The van der Waals surface area contributed by atoms with Gasteiger partial charge in [0.15, 0.2) is 0 Å². The second-order valence-electron chi connectivity index (χ2n) is 10.1. The summed E-state index contributed by atoms with van der Waals surface area (Å²) in [5.74, 6) is -0.230. The first-order valence-electron chi connectivity index (χ1n) is 13.2. The van der Waals surface area contributed by atoms with Crippen molar-refractivity contribution in [2.75, 3.05) is 32.1 Å². The van der Waals surface area contributed by atoms with Crippen molar-refractivity contribution in [3.63, 3.8) is 0 Å². The van der Waals surface area contributed by atoms with Crippen LogP contribution in [0, 0.1) is 19.7 Å². The Morgan fingerprint density at radius 2 is 1.95 bits per heavy atom. The molecular weight excluding hydrogens is 513 g/mol. The largest absolute Gasteiger partial charge is 0.497 e. The number of ether oxygens (including phenoxy) is 1. The molecule has 2 aliphatic rings. The Labute approximate surface area is 231 Å². The van der Waals surface area contributed by atoms with E-state index < -0.39 is 5.82 Å². The van der Waals surface area contributed by atoms with Crippen LogP contribution in [0.2, 0.25) is 0 Å². The van der Waals surface area contributed by atoms with Crippen LogP contribution in [0.15, 0.2) is 42.5 Å². The van der Waals surface area contributed by atoms with Crippen LogP contribution in [0.1, 0.15) is 44.9 Å². The second-order valence-corrected chi connectivity index (χ2v) is 10.1. The topological polar surface area (TPSA) is 116 Å². The molecule has 0 unspecified atom stereocenters. The van der Waals surface area contributed by atoms with Crippen LogP contribution in [0.4, 0.5) is 10.1 Å². The number of halogens is 1. The number of fused-ring (bicyclic) bond motifs is 1. The van der Waals surface area contributed by atoms with E-state index >= 15 is 0 Å². The third-order valence-corrected chi connectivity index (χ3v) is 7.40. The Morgan fingerprint density at radius 1 is 1.18 bits per heavy atom. The lowest BCUT2D eigenvalue weighted by atomic mass is 10.0. The Morgan fingerprint density at radius 3 is 2.70 bits per heavy atom. The quantitative estimate of drug-likeness (QED) is 0.324. The molecule has 3 amide bonds. The van der Waals surface area contributed by atoms with Crippen LogP contribution < -0.4 is 20.7 Å². The van der Waals surface area contributed by atoms with E-state index in [-0.39, 0.29) is 30.3 Å². The number of hydrogen-bond acceptors (Lipinski definition) is 5. The molecule has 3 aromatic rings. The highest BCUT2D eigenvalue weighted by molar-refractivity contribution is 6.34. The number of likely N-dealkylation sites (tertiary alicyclic amines) is 1. The number of nitrogens with one attached hydrogen (secondary N) is 4. The highest BCUT2D eigenvalue weighted by atomic mass is 19.1. The van der Waals surface area contributed by atoms with E-state index in [0.29, 0.717) is 65.4 Å². The number of nitrogens with zero attached hydrogens (tertiary/aromatic N) is 1. The van der Waals surface area contributed by atoms with E-state index in [4.69, 9.17) is 4.74 Å². The van der Waals surface area contributed by atoms with Gasteiger partial charge in [-0.3, -0.25) is 14.4 Å². The Balaban J connectivity index is 1.18. The number of rotatable bonds is 8. The van der Waals surface area contributed by atoms with Crippen molar-refractivity contribution in [1.29, 1.82) is 0 Å². The van der Waals surface area contributed by atoms with Gasteiger partial charge in [0.25, 0.3) is 11.8 Å². The van der Waals surface area contributed by atoms with Crippen molar-refractivity contribution in [2.24, 2.45) is 0 Å². The molecule has 1 saturated heterocycles. The number of aromatic amines is 1. The lowest BCUT2D eigenvalue weighted by Gasteiger charge is -2.18. The van der Waals surface area contributed by atoms with E-state index in [2.05, 4.69) is 20.9 Å². The molecule has 0 aliphatic carbocycles. The molecular formula is C30H32FN5O4. The fourth-order valence-corrected chi connectivity index (χ4v) is 5.24. The number of methoxy groups -OCH3 is 1. The van der Waals surface area contributed by atoms with Gasteiger partial charge in [-0.25, -0.2) is 4.39 Å². The van der Waals surface area contributed by atoms with E-state index in [1.165, 1.54) is 18.2 Å². The average Bonchev–Trinajstić information content (AvgIpc) is 3.60. The zero-order valence-corrected chi connectivity index (χ0v) is 22.7. The molecule has 208 valence electrons. The number of hydrogen-bond donors (Lipinski definition) is 4. The fraction of sp³-hybridized carbons (Fsp3) is 0.300. The van der Waals surface area contributed by atoms with Crippen molar-refractivity contribution in [3.8, 4) is 5.75 Å². The number of anilines is 1. The van der Waals surface area contributed by atoms with Gasteiger partial charge in [0.1, 0.15) is 11.6 Å². The smallest absolute Gasteiger partial charge is 0.256 e. The molecule has 2 aromatic carbocycles. The van der Waals surface area contributed by atoms with Crippen molar-refractivity contribution >= 4 is 35.1 Å². The molecule has 10 heteroatoms. The van der Waals surface area contributed by atoms with Gasteiger partial charge < -0.3 is 30.6 Å². The predicted octanol–water partition coefficient (Wildman–Crippen LogP) is 3.39. The SMILES string of the molecule is COc1ccc(CNCC(=O)N2CC[C@H](NC(=O)c3c(C)[nH]c(/C=C4\C(=O)Nc5ccc(F)cc54)c3C)C2)cc1. The number of amides is 3. The van der Waals surface area contributed by atoms with Gasteiger partial charge in [0.05, 0.1) is 24.8 Å². The molecule has 0 radical (unpaired) electrons. The molecule has 9 nitrogen and oxygen atoms in total. The Hall–Kier alpha value is -4.44. The Kier molecular flexibility index (Phi) is 7.70. The van der Waals surface area contributed by atoms with Crippen LogP contribution >= 0.6 is 0 Å². The molecule has 3 heterocycles. The van der Waals surface area contributed by atoms with Crippen molar-refractivity contribution < 1.29 is 23.5 Å². The van der Waals surface area contributed by atoms with E-state index in [9.17, 15) is 18.8 Å². The third-order valence-electron chi connectivity index (χ3n) is 7.40. The maximum absolute atomic E-state index is 13.8. The molecule has 0 bridgehead atoms. The van der Waals surface area contributed by atoms with Gasteiger partial charge in [-0.1, -0.05) is 12.1 Å². The number of benzene rings is 2. The third kappa shape index (κ3) is 5.62. The minimum Gasteiger partial charge on any atom is -0.497 e. The Bertz CT molecular complexity index is 1490. The lowest BCUT2D eigenvalue weighted by molar-refractivity contribution is -0.129. The maximum atomic E-state index is 13.8. The normalized spacial score (nSPS) is 17.2. The van der Waals surface area contributed by atoms with Crippen molar-refractivity contribution in [1.82, 2.24) is 20.5 Å². The van der Waals surface area contributed by atoms with Gasteiger partial charge in [-0.2, -0.15) is 0 Å². The van der Waals surface area contributed by atoms with E-state index in [1.807, 2.05) is 31.2 Å². The van der Waals surface area contributed by atoms with E-state index in [0.717, 1.165) is 11.3 Å². The first-order chi connectivity index (χ1) is 19.2. The summed E-state index contributed by atoms with van der Waals surface area (Å²) in [4.78, 5) is 43.4. The van der Waals surface area contributed by atoms with Gasteiger partial charge >= 0.3 is 0 Å². The van der Waals surface area contributed by atoms with Gasteiger partial charge in [0, 0.05) is 48.3 Å². The monoisotopic (exact) mass is 545 g/mol. The molecule has 0 saturated carbocycles. The van der Waals surface area contributed by atoms with E-state index in [1.54, 1.807) is 25.0 Å². The number of aryl methyl sites for hydroxylation is 1. The summed E-state index contributed by atoms with van der Waals surface area (Å²) in [5.41, 5.74) is 4.87. The molecule has 5 rings (SSSR count). The number of H-pyrrole nitrogens is 1. The van der Waals surface area contributed by atoms with Crippen molar-refractivity contribution in [3.05, 3.63) is 81.9 Å². The molecule has 1 aromatic heterocycles. The molecule has 1 atom stereocenters. The minimum atomic E-state index is -0.433. The fourth-order valence-electron chi connectivity index (χ4n) is 5.24. The zero-order chi connectivity index (χ0) is 28.4. The summed E-state index contributed by atoms with van der Waals surface area (Å²) in [6.07, 6.45) is 2.31. The highest BCUT2D eigenvalue weighted by Crippen LogP contribution is 2.34. The number of carbonyl (C=O) groups excluding carboxylic acids is 3. The van der Waals surface area contributed by atoms with Gasteiger partial charge in [0.2, 0.25) is 5.91 Å². The zero-order valence-electron chi connectivity index (χ0n) is 22.7. The summed E-state index contributed by atoms with van der Waals surface area (Å²) in [6, 6.07) is 11.6. The summed E-state index contributed by atoms with van der Waals surface area (Å²) < 4.78 is 19.0. The predicted molar refractivity (Wildman–Crippen MR) is 150 cm³/mol. The molecule has 4 N–H and O–H groups in total. The molecule has 40 heavy (non-hydrogen) atoms. The summed E-state index contributed by atoms with van der Waals surface area (Å²) in [7, 11) is 1.62. The highest BCUT2D eigenvalue weighted by Gasteiger charge is 2.29. The van der Waals surface area contributed by atoms with Gasteiger partial charge in [-0.15, -0.1) is 0 Å². The van der Waals surface area contributed by atoms with Crippen LogP contribution in [0.5, 0.6) is 5.75 Å².